The molecule has 1 N–H and O–H groups in total. The number of hydrogen-bond donors (Lipinski definition) is 1. The lowest BCUT2D eigenvalue weighted by atomic mass is 10.2. The molecule has 6 heteroatoms. The molecule has 0 spiro atoms. The van der Waals surface area contributed by atoms with Gasteiger partial charge in [-0.05, 0) is 36.2 Å². The molecule has 1 aromatic carbocycles. The number of aryl methyl sites for hydroxylation is 1. The maximum atomic E-state index is 12.0. The Morgan fingerprint density at radius 3 is 3.11 bits per heavy atom. The van der Waals surface area contributed by atoms with Crippen LogP contribution < -0.4 is 5.32 Å². The number of anilines is 1. The van der Waals surface area contributed by atoms with E-state index in [2.05, 4.69) is 14.9 Å². The molecule has 0 radical (unpaired) electrons. The van der Waals surface area contributed by atoms with E-state index in [1.807, 2.05) is 13.0 Å². The largest absolute Gasteiger partial charge is 0.321 e. The van der Waals surface area contributed by atoms with E-state index in [-0.39, 0.29) is 5.91 Å². The molecular formula is C12H10N4OS. The zero-order chi connectivity index (χ0) is 13.0. The summed E-state index contributed by atoms with van der Waals surface area (Å²) in [7, 11) is 0. The fraction of sp³-hybridized carbons (Fsp3) is 0.167. The zero-order valence-corrected chi connectivity index (χ0v) is 10.5. The Hall–Kier alpha value is -2.26. The quantitative estimate of drug-likeness (QED) is 0.915. The van der Waals surface area contributed by atoms with E-state index in [1.54, 1.807) is 24.3 Å². The van der Waals surface area contributed by atoms with E-state index < -0.39 is 0 Å². The van der Waals surface area contributed by atoms with E-state index in [0.717, 1.165) is 11.5 Å². The second kappa shape index (κ2) is 5.38. The number of nitrogens with zero attached hydrogens (tertiary/aromatic N) is 3. The van der Waals surface area contributed by atoms with Gasteiger partial charge in [-0.1, -0.05) is 17.5 Å². The number of nitrogens with one attached hydrogen (secondary N) is 1. The third-order valence-corrected chi connectivity index (χ3v) is 3.11. The molecular weight excluding hydrogens is 248 g/mol. The predicted octanol–water partition coefficient (Wildman–Crippen LogP) is 2.22. The molecule has 1 heterocycles. The van der Waals surface area contributed by atoms with Crippen LogP contribution in [0.5, 0.6) is 0 Å². The van der Waals surface area contributed by atoms with Gasteiger partial charge < -0.3 is 5.32 Å². The fourth-order valence-corrected chi connectivity index (χ4v) is 2.11. The van der Waals surface area contributed by atoms with Crippen molar-refractivity contribution in [2.24, 2.45) is 0 Å². The van der Waals surface area contributed by atoms with Crippen LogP contribution >= 0.6 is 11.5 Å². The lowest BCUT2D eigenvalue weighted by Crippen LogP contribution is -2.12. The number of nitriles is 1. The van der Waals surface area contributed by atoms with Crippen molar-refractivity contribution in [3.05, 3.63) is 40.4 Å². The molecule has 0 unspecified atom stereocenters. The summed E-state index contributed by atoms with van der Waals surface area (Å²) in [5.74, 6) is -0.239. The molecule has 1 amide bonds. The molecule has 0 aliphatic rings. The molecule has 2 aromatic rings. The van der Waals surface area contributed by atoms with Crippen molar-refractivity contribution >= 4 is 23.1 Å². The first-order valence-electron chi connectivity index (χ1n) is 5.37. The third kappa shape index (κ3) is 2.52. The molecule has 0 aliphatic carbocycles. The summed E-state index contributed by atoms with van der Waals surface area (Å²) in [4.78, 5) is 12.5. The Bertz CT molecular complexity index is 615. The van der Waals surface area contributed by atoms with Gasteiger partial charge in [-0.2, -0.15) is 5.26 Å². The van der Waals surface area contributed by atoms with E-state index in [4.69, 9.17) is 5.26 Å². The predicted molar refractivity (Wildman–Crippen MR) is 68.4 cm³/mol. The van der Waals surface area contributed by atoms with Crippen LogP contribution in [0, 0.1) is 11.3 Å². The maximum absolute atomic E-state index is 12.0. The summed E-state index contributed by atoms with van der Waals surface area (Å²) in [5, 5.41) is 15.4. The van der Waals surface area contributed by atoms with E-state index >= 15 is 0 Å². The van der Waals surface area contributed by atoms with Gasteiger partial charge in [-0.3, -0.25) is 4.79 Å². The summed E-state index contributed by atoms with van der Waals surface area (Å²) in [6.45, 7) is 1.92. The molecule has 90 valence electrons. The molecule has 0 aliphatic heterocycles. The van der Waals surface area contributed by atoms with Crippen LogP contribution in [0.3, 0.4) is 0 Å². The molecule has 0 atom stereocenters. The van der Waals surface area contributed by atoms with E-state index in [9.17, 15) is 4.79 Å². The van der Waals surface area contributed by atoms with Crippen molar-refractivity contribution in [3.63, 3.8) is 0 Å². The van der Waals surface area contributed by atoms with Crippen LogP contribution in [-0.2, 0) is 6.42 Å². The van der Waals surface area contributed by atoms with Gasteiger partial charge in [0.15, 0.2) is 0 Å². The highest BCUT2D eigenvalue weighted by Gasteiger charge is 2.14. The highest BCUT2D eigenvalue weighted by Crippen LogP contribution is 2.15. The number of rotatable bonds is 3. The van der Waals surface area contributed by atoms with Crippen molar-refractivity contribution in [1.82, 2.24) is 9.59 Å². The van der Waals surface area contributed by atoms with Crippen molar-refractivity contribution < 1.29 is 4.79 Å². The average molecular weight is 258 g/mol. The summed E-state index contributed by atoms with van der Waals surface area (Å²) in [6, 6.07) is 8.79. The highest BCUT2D eigenvalue weighted by molar-refractivity contribution is 7.08. The molecule has 1 aromatic heterocycles. The van der Waals surface area contributed by atoms with Crippen LogP contribution in [0.4, 0.5) is 5.69 Å². The molecule has 2 rings (SSSR count). The molecule has 0 saturated heterocycles. The van der Waals surface area contributed by atoms with Gasteiger partial charge in [0.1, 0.15) is 4.88 Å². The van der Waals surface area contributed by atoms with Gasteiger partial charge in [0, 0.05) is 5.69 Å². The van der Waals surface area contributed by atoms with Gasteiger partial charge in [0.2, 0.25) is 0 Å². The Morgan fingerprint density at radius 2 is 2.39 bits per heavy atom. The van der Waals surface area contributed by atoms with Crippen LogP contribution in [-0.4, -0.2) is 15.5 Å². The first kappa shape index (κ1) is 12.2. The number of amides is 1. The van der Waals surface area contributed by atoms with Crippen molar-refractivity contribution in [2.75, 3.05) is 5.32 Å². The third-order valence-electron chi connectivity index (χ3n) is 2.35. The summed E-state index contributed by atoms with van der Waals surface area (Å²) in [6.07, 6.45) is 0.664. The van der Waals surface area contributed by atoms with E-state index in [1.165, 1.54) is 0 Å². The van der Waals surface area contributed by atoms with Gasteiger partial charge in [-0.15, -0.1) is 5.10 Å². The molecule has 18 heavy (non-hydrogen) atoms. The average Bonchev–Trinajstić information content (AvgIpc) is 2.87. The van der Waals surface area contributed by atoms with Crippen LogP contribution in [0.15, 0.2) is 24.3 Å². The zero-order valence-electron chi connectivity index (χ0n) is 9.67. The van der Waals surface area contributed by atoms with Crippen LogP contribution in [0.2, 0.25) is 0 Å². The Morgan fingerprint density at radius 1 is 1.56 bits per heavy atom. The second-order valence-corrected chi connectivity index (χ2v) is 4.30. The van der Waals surface area contributed by atoms with Gasteiger partial charge in [0.25, 0.3) is 5.91 Å². The van der Waals surface area contributed by atoms with Gasteiger partial charge >= 0.3 is 0 Å². The first-order chi connectivity index (χ1) is 8.74. The van der Waals surface area contributed by atoms with Crippen molar-refractivity contribution in [1.29, 1.82) is 5.26 Å². The Kier molecular flexibility index (Phi) is 3.65. The normalized spacial score (nSPS) is 9.78. The van der Waals surface area contributed by atoms with Crippen molar-refractivity contribution in [3.8, 4) is 6.07 Å². The standard InChI is InChI=1S/C12H10N4OS/c1-2-10-11(18-16-15-10)12(17)14-9-5-3-4-8(6-9)7-13/h3-6H,2H2,1H3,(H,14,17). The first-order valence-corrected chi connectivity index (χ1v) is 6.14. The lowest BCUT2D eigenvalue weighted by molar-refractivity contribution is 0.102. The number of benzene rings is 1. The summed E-state index contributed by atoms with van der Waals surface area (Å²) < 4.78 is 3.77. The smallest absolute Gasteiger partial charge is 0.269 e. The second-order valence-electron chi connectivity index (χ2n) is 3.55. The van der Waals surface area contributed by atoms with Gasteiger partial charge in [0.05, 0.1) is 17.3 Å². The number of hydrogen-bond acceptors (Lipinski definition) is 5. The molecule has 0 bridgehead atoms. The topological polar surface area (TPSA) is 78.7 Å². The number of aromatic nitrogens is 2. The summed E-state index contributed by atoms with van der Waals surface area (Å²) >= 11 is 1.07. The Labute approximate surface area is 108 Å². The van der Waals surface area contributed by atoms with Crippen LogP contribution in [0.25, 0.3) is 0 Å². The number of carbonyl (C=O) groups is 1. The minimum absolute atomic E-state index is 0.239. The number of carbonyl (C=O) groups excluding carboxylic acids is 1. The van der Waals surface area contributed by atoms with Crippen LogP contribution in [0.1, 0.15) is 27.9 Å². The fourth-order valence-electron chi connectivity index (χ4n) is 1.47. The van der Waals surface area contributed by atoms with E-state index in [0.29, 0.717) is 28.2 Å². The van der Waals surface area contributed by atoms with Crippen molar-refractivity contribution in [2.45, 2.75) is 13.3 Å². The lowest BCUT2D eigenvalue weighted by Gasteiger charge is -2.03. The minimum Gasteiger partial charge on any atom is -0.321 e. The molecule has 0 saturated carbocycles. The summed E-state index contributed by atoms with van der Waals surface area (Å²) in [5.41, 5.74) is 1.79. The maximum Gasteiger partial charge on any atom is 0.269 e. The Balaban J connectivity index is 2.19. The SMILES string of the molecule is CCc1nnsc1C(=O)Nc1cccc(C#N)c1. The minimum atomic E-state index is -0.239. The van der Waals surface area contributed by atoms with Gasteiger partial charge in [-0.25, -0.2) is 0 Å². The molecule has 0 fully saturated rings. The molecule has 5 nitrogen and oxygen atoms in total. The highest BCUT2D eigenvalue weighted by atomic mass is 32.1. The monoisotopic (exact) mass is 258 g/mol.